The van der Waals surface area contributed by atoms with E-state index in [1.54, 1.807) is 12.1 Å². The molecule has 0 bridgehead atoms. The molecule has 0 aliphatic carbocycles. The molecule has 0 aromatic heterocycles. The second-order valence-electron chi connectivity index (χ2n) is 4.53. The van der Waals surface area contributed by atoms with Gasteiger partial charge in [0.25, 0.3) is 0 Å². The molecule has 0 spiro atoms. The maximum Gasteiger partial charge on any atom is 0.132 e. The number of hydrogen-bond acceptors (Lipinski definition) is 1. The normalized spacial score (nSPS) is 12.4. The van der Waals surface area contributed by atoms with E-state index in [1.165, 1.54) is 6.07 Å². The van der Waals surface area contributed by atoms with Crippen LogP contribution in [0, 0.1) is 5.82 Å². The van der Waals surface area contributed by atoms with Crippen LogP contribution in [0.3, 0.4) is 0 Å². The van der Waals surface area contributed by atoms with E-state index < -0.39 is 0 Å². The van der Waals surface area contributed by atoms with Crippen molar-refractivity contribution in [2.75, 3.05) is 6.54 Å². The zero-order chi connectivity index (χ0) is 13.8. The lowest BCUT2D eigenvalue weighted by molar-refractivity contribution is 0.598. The molecule has 19 heavy (non-hydrogen) atoms. The van der Waals surface area contributed by atoms with Gasteiger partial charge in [-0.3, -0.25) is 0 Å². The zero-order valence-corrected chi connectivity index (χ0v) is 11.8. The largest absolute Gasteiger partial charge is 0.310 e. The number of hydrogen-bond donors (Lipinski definition) is 1. The van der Waals surface area contributed by atoms with Crippen molar-refractivity contribution in [1.29, 1.82) is 0 Å². The Morgan fingerprint density at radius 1 is 1.21 bits per heavy atom. The van der Waals surface area contributed by atoms with Crippen LogP contribution >= 0.6 is 11.6 Å². The fourth-order valence-corrected chi connectivity index (χ4v) is 2.28. The highest BCUT2D eigenvalue weighted by Gasteiger charge is 2.09. The lowest BCUT2D eigenvalue weighted by Gasteiger charge is -2.14. The van der Waals surface area contributed by atoms with E-state index in [2.05, 4.69) is 19.2 Å². The lowest BCUT2D eigenvalue weighted by atomic mass is 10.00. The predicted octanol–water partition coefficient (Wildman–Crippen LogP) is 4.82. The Bertz CT molecular complexity index is 568. The highest BCUT2D eigenvalue weighted by atomic mass is 35.5. The Hall–Kier alpha value is -1.38. The highest BCUT2D eigenvalue weighted by molar-refractivity contribution is 6.30. The van der Waals surface area contributed by atoms with E-state index in [1.807, 2.05) is 24.3 Å². The monoisotopic (exact) mass is 277 g/mol. The minimum absolute atomic E-state index is 0.250. The van der Waals surface area contributed by atoms with Crippen LogP contribution < -0.4 is 5.32 Å². The zero-order valence-electron chi connectivity index (χ0n) is 11.1. The Morgan fingerprint density at radius 3 is 2.68 bits per heavy atom. The van der Waals surface area contributed by atoms with Crippen molar-refractivity contribution in [3.63, 3.8) is 0 Å². The van der Waals surface area contributed by atoms with Gasteiger partial charge in [-0.2, -0.15) is 0 Å². The summed E-state index contributed by atoms with van der Waals surface area (Å²) in [6.45, 7) is 5.07. The van der Waals surface area contributed by atoms with Crippen molar-refractivity contribution in [1.82, 2.24) is 5.32 Å². The summed E-state index contributed by atoms with van der Waals surface area (Å²) in [6, 6.07) is 12.9. The maximum absolute atomic E-state index is 13.9. The predicted molar refractivity (Wildman–Crippen MR) is 78.9 cm³/mol. The summed E-state index contributed by atoms with van der Waals surface area (Å²) in [5.74, 6) is -0.291. The van der Waals surface area contributed by atoms with Gasteiger partial charge in [-0.1, -0.05) is 36.7 Å². The summed E-state index contributed by atoms with van der Waals surface area (Å²) in [6.07, 6.45) is 0. The van der Waals surface area contributed by atoms with Gasteiger partial charge in [0.15, 0.2) is 0 Å². The average Bonchev–Trinajstić information content (AvgIpc) is 2.39. The Morgan fingerprint density at radius 2 is 2.00 bits per heavy atom. The van der Waals surface area contributed by atoms with E-state index in [4.69, 9.17) is 11.6 Å². The van der Waals surface area contributed by atoms with E-state index in [0.29, 0.717) is 10.6 Å². The second-order valence-corrected chi connectivity index (χ2v) is 4.97. The summed E-state index contributed by atoms with van der Waals surface area (Å²) >= 11 is 5.78. The Balaban J connectivity index is 2.37. The quantitative estimate of drug-likeness (QED) is 0.845. The van der Waals surface area contributed by atoms with Crippen LogP contribution in [0.1, 0.15) is 25.5 Å². The molecular formula is C16H17ClFN. The summed E-state index contributed by atoms with van der Waals surface area (Å²) in [5.41, 5.74) is 2.60. The Labute approximate surface area is 118 Å². The van der Waals surface area contributed by atoms with Gasteiger partial charge < -0.3 is 5.32 Å². The molecular weight excluding hydrogens is 261 g/mol. The molecule has 0 heterocycles. The van der Waals surface area contributed by atoms with Crippen LogP contribution in [-0.2, 0) is 0 Å². The summed E-state index contributed by atoms with van der Waals surface area (Å²) < 4.78 is 13.9. The minimum Gasteiger partial charge on any atom is -0.310 e. The molecule has 2 rings (SSSR count). The van der Waals surface area contributed by atoms with Gasteiger partial charge in [0.05, 0.1) is 0 Å². The van der Waals surface area contributed by atoms with E-state index in [9.17, 15) is 4.39 Å². The topological polar surface area (TPSA) is 12.0 Å². The first-order chi connectivity index (χ1) is 9.11. The SMILES string of the molecule is CCNC(C)c1cccc(-c2ccc(Cl)cc2F)c1. The van der Waals surface area contributed by atoms with E-state index in [-0.39, 0.29) is 11.9 Å². The molecule has 1 N–H and O–H groups in total. The minimum atomic E-state index is -0.291. The number of halogens is 2. The van der Waals surface area contributed by atoms with Crippen molar-refractivity contribution >= 4 is 11.6 Å². The molecule has 0 saturated carbocycles. The van der Waals surface area contributed by atoms with Gasteiger partial charge in [0, 0.05) is 16.6 Å². The van der Waals surface area contributed by atoms with E-state index >= 15 is 0 Å². The smallest absolute Gasteiger partial charge is 0.132 e. The second kappa shape index (κ2) is 6.18. The molecule has 0 saturated heterocycles. The molecule has 0 aliphatic rings. The molecule has 1 atom stereocenters. The molecule has 1 nitrogen and oxygen atoms in total. The van der Waals surface area contributed by atoms with Crippen molar-refractivity contribution in [2.24, 2.45) is 0 Å². The first-order valence-electron chi connectivity index (χ1n) is 6.40. The van der Waals surface area contributed by atoms with Gasteiger partial charge in [0.1, 0.15) is 5.82 Å². The molecule has 0 amide bonds. The summed E-state index contributed by atoms with van der Waals surface area (Å²) in [5, 5.41) is 3.76. The maximum atomic E-state index is 13.9. The molecule has 1 unspecified atom stereocenters. The third kappa shape index (κ3) is 3.34. The first-order valence-corrected chi connectivity index (χ1v) is 6.78. The highest BCUT2D eigenvalue weighted by Crippen LogP contribution is 2.27. The van der Waals surface area contributed by atoms with Crippen LogP contribution in [-0.4, -0.2) is 6.54 Å². The first kappa shape index (κ1) is 14.0. The third-order valence-corrected chi connectivity index (χ3v) is 3.37. The standard InChI is InChI=1S/C16H17ClFN/c1-3-19-11(2)12-5-4-6-13(9-12)15-8-7-14(17)10-16(15)18/h4-11,19H,3H2,1-2H3. The average molecular weight is 278 g/mol. The number of benzene rings is 2. The Kier molecular flexibility index (Phi) is 4.56. The van der Waals surface area contributed by atoms with Crippen LogP contribution in [0.5, 0.6) is 0 Å². The van der Waals surface area contributed by atoms with Crippen LogP contribution in [0.4, 0.5) is 4.39 Å². The van der Waals surface area contributed by atoms with Gasteiger partial charge >= 0.3 is 0 Å². The van der Waals surface area contributed by atoms with Gasteiger partial charge in [0.2, 0.25) is 0 Å². The van der Waals surface area contributed by atoms with Crippen molar-refractivity contribution in [2.45, 2.75) is 19.9 Å². The number of rotatable bonds is 4. The fourth-order valence-electron chi connectivity index (χ4n) is 2.12. The third-order valence-electron chi connectivity index (χ3n) is 3.14. The summed E-state index contributed by atoms with van der Waals surface area (Å²) in [7, 11) is 0. The van der Waals surface area contributed by atoms with Gasteiger partial charge in [-0.25, -0.2) is 4.39 Å². The number of nitrogens with one attached hydrogen (secondary N) is 1. The molecule has 0 radical (unpaired) electrons. The van der Waals surface area contributed by atoms with Crippen molar-refractivity contribution in [3.8, 4) is 11.1 Å². The molecule has 100 valence electrons. The molecule has 0 aliphatic heterocycles. The van der Waals surface area contributed by atoms with Crippen molar-refractivity contribution < 1.29 is 4.39 Å². The van der Waals surface area contributed by atoms with Gasteiger partial charge in [-0.05, 0) is 48.9 Å². The fraction of sp³-hybridized carbons (Fsp3) is 0.250. The van der Waals surface area contributed by atoms with Gasteiger partial charge in [-0.15, -0.1) is 0 Å². The lowest BCUT2D eigenvalue weighted by Crippen LogP contribution is -2.17. The molecule has 0 fully saturated rings. The van der Waals surface area contributed by atoms with Crippen LogP contribution in [0.25, 0.3) is 11.1 Å². The molecule has 2 aromatic carbocycles. The van der Waals surface area contributed by atoms with E-state index in [0.717, 1.165) is 17.7 Å². The van der Waals surface area contributed by atoms with Crippen LogP contribution in [0.2, 0.25) is 5.02 Å². The van der Waals surface area contributed by atoms with Crippen molar-refractivity contribution in [3.05, 3.63) is 58.9 Å². The van der Waals surface area contributed by atoms with Crippen LogP contribution in [0.15, 0.2) is 42.5 Å². The summed E-state index contributed by atoms with van der Waals surface area (Å²) in [4.78, 5) is 0. The molecule has 2 aromatic rings. The molecule has 3 heteroatoms.